The van der Waals surface area contributed by atoms with Gasteiger partial charge in [-0.2, -0.15) is 0 Å². The lowest BCUT2D eigenvalue weighted by molar-refractivity contribution is -0.167. The van der Waals surface area contributed by atoms with E-state index in [2.05, 4.69) is 93.7 Å². The molecule has 0 aromatic carbocycles. The molecule has 1 unspecified atom stereocenters. The van der Waals surface area contributed by atoms with Crippen LogP contribution < -0.4 is 0 Å². The standard InChI is InChI=1S/C72H128O6/c1-4-7-10-13-16-19-22-24-26-27-28-29-30-31-32-33-34-35-36-37-38-39-40-41-42-43-44-45-47-48-50-53-56-59-62-65-71(74)77-68-69(67-76-70(73)64-61-58-55-52-21-18-15-12-9-6-3)78-72(75)66-63-60-57-54-51-49-46-25-23-20-17-14-11-8-5-2/h8,11,17,20,22,24-25,27-28,46,51,54,69H,4-7,9-10,12-16,18-19,21,23,26,29-45,47-50,52-53,55-68H2,1-3H3/b11-8-,20-17-,24-22-,28-27-,46-25-,54-51-. The van der Waals surface area contributed by atoms with Crippen molar-refractivity contribution in [3.63, 3.8) is 0 Å². The Morgan fingerprint density at radius 1 is 0.269 bits per heavy atom. The van der Waals surface area contributed by atoms with Crippen molar-refractivity contribution in [2.45, 2.75) is 354 Å². The van der Waals surface area contributed by atoms with Crippen LogP contribution in [0.4, 0.5) is 0 Å². The third kappa shape index (κ3) is 63.7. The highest BCUT2D eigenvalue weighted by atomic mass is 16.6. The first kappa shape index (κ1) is 74.8. The molecule has 0 saturated heterocycles. The summed E-state index contributed by atoms with van der Waals surface area (Å²) in [5, 5.41) is 0. The van der Waals surface area contributed by atoms with Gasteiger partial charge in [-0.3, -0.25) is 14.4 Å². The molecule has 0 amide bonds. The number of carbonyl (C=O) groups excluding carboxylic acids is 3. The molecule has 0 fully saturated rings. The minimum Gasteiger partial charge on any atom is -0.462 e. The third-order valence-corrected chi connectivity index (χ3v) is 14.9. The van der Waals surface area contributed by atoms with E-state index in [1.807, 2.05) is 0 Å². The molecule has 0 aliphatic rings. The summed E-state index contributed by atoms with van der Waals surface area (Å²) in [4.78, 5) is 38.2. The molecule has 0 aromatic heterocycles. The van der Waals surface area contributed by atoms with Gasteiger partial charge >= 0.3 is 17.9 Å². The molecule has 1 atom stereocenters. The summed E-state index contributed by atoms with van der Waals surface area (Å²) in [6, 6.07) is 0. The van der Waals surface area contributed by atoms with Gasteiger partial charge < -0.3 is 14.2 Å². The lowest BCUT2D eigenvalue weighted by atomic mass is 10.0. The van der Waals surface area contributed by atoms with Crippen LogP contribution in [0.25, 0.3) is 0 Å². The number of carbonyl (C=O) groups is 3. The van der Waals surface area contributed by atoms with Gasteiger partial charge in [0.2, 0.25) is 0 Å². The van der Waals surface area contributed by atoms with Crippen LogP contribution in [0, 0.1) is 0 Å². The van der Waals surface area contributed by atoms with E-state index in [1.165, 1.54) is 218 Å². The van der Waals surface area contributed by atoms with Crippen molar-refractivity contribution in [3.8, 4) is 0 Å². The molecule has 452 valence electrons. The fourth-order valence-electron chi connectivity index (χ4n) is 9.88. The van der Waals surface area contributed by atoms with Crippen molar-refractivity contribution in [2.24, 2.45) is 0 Å². The molecule has 0 aliphatic heterocycles. The molecule has 0 saturated carbocycles. The Hall–Kier alpha value is -3.15. The second-order valence-electron chi connectivity index (χ2n) is 22.7. The molecule has 6 nitrogen and oxygen atoms in total. The summed E-state index contributed by atoms with van der Waals surface area (Å²) in [5.74, 6) is -0.916. The SMILES string of the molecule is CC/C=C\C/C=C\C/C=C\C/C=C\CCCCC(=O)OC(COC(=O)CCCCCCCCCCCC)COC(=O)CCCCCCCCCCCCCCCCCCCCCCCCC/C=C\C/C=C\CCCCCCC. The summed E-state index contributed by atoms with van der Waals surface area (Å²) in [5.41, 5.74) is 0. The van der Waals surface area contributed by atoms with Crippen molar-refractivity contribution in [3.05, 3.63) is 72.9 Å². The molecule has 6 heteroatoms. The number of hydrogen-bond acceptors (Lipinski definition) is 6. The number of esters is 3. The number of unbranched alkanes of at least 4 members (excludes halogenated alkanes) is 39. The van der Waals surface area contributed by atoms with Gasteiger partial charge in [0.15, 0.2) is 6.10 Å². The summed E-state index contributed by atoms with van der Waals surface area (Å²) in [7, 11) is 0. The van der Waals surface area contributed by atoms with Crippen LogP contribution in [-0.2, 0) is 28.6 Å². The Balaban J connectivity index is 4.03. The van der Waals surface area contributed by atoms with Crippen LogP contribution in [0.15, 0.2) is 72.9 Å². The largest absolute Gasteiger partial charge is 0.462 e. The first-order chi connectivity index (χ1) is 38.5. The maximum Gasteiger partial charge on any atom is 0.306 e. The van der Waals surface area contributed by atoms with Crippen LogP contribution in [0.5, 0.6) is 0 Å². The van der Waals surface area contributed by atoms with E-state index in [4.69, 9.17) is 14.2 Å². The Morgan fingerprint density at radius 2 is 0.500 bits per heavy atom. The Bertz CT molecular complexity index is 1440. The molecule has 0 N–H and O–H groups in total. The molecular formula is C72H128O6. The molecule has 0 bridgehead atoms. The van der Waals surface area contributed by atoms with Crippen LogP contribution in [0.1, 0.15) is 348 Å². The molecule has 0 rings (SSSR count). The predicted molar refractivity (Wildman–Crippen MR) is 339 cm³/mol. The van der Waals surface area contributed by atoms with E-state index in [1.54, 1.807) is 0 Å². The predicted octanol–water partition coefficient (Wildman–Crippen LogP) is 23.3. The van der Waals surface area contributed by atoms with Gasteiger partial charge in [-0.25, -0.2) is 0 Å². The average molecular weight is 1090 g/mol. The minimum absolute atomic E-state index is 0.0877. The maximum absolute atomic E-state index is 12.8. The zero-order valence-electron chi connectivity index (χ0n) is 51.9. The van der Waals surface area contributed by atoms with Crippen LogP contribution in [0.2, 0.25) is 0 Å². The highest BCUT2D eigenvalue weighted by molar-refractivity contribution is 5.71. The highest BCUT2D eigenvalue weighted by Crippen LogP contribution is 2.18. The maximum atomic E-state index is 12.8. The fourth-order valence-corrected chi connectivity index (χ4v) is 9.88. The Kier molecular flexibility index (Phi) is 63.7. The summed E-state index contributed by atoms with van der Waals surface area (Å²) >= 11 is 0. The van der Waals surface area contributed by atoms with Crippen molar-refractivity contribution in [1.29, 1.82) is 0 Å². The fraction of sp³-hybridized carbons (Fsp3) is 0.792. The van der Waals surface area contributed by atoms with Crippen molar-refractivity contribution < 1.29 is 28.6 Å². The van der Waals surface area contributed by atoms with Crippen LogP contribution >= 0.6 is 0 Å². The zero-order chi connectivity index (χ0) is 56.4. The highest BCUT2D eigenvalue weighted by Gasteiger charge is 2.19. The van der Waals surface area contributed by atoms with Gasteiger partial charge in [-0.15, -0.1) is 0 Å². The quantitative estimate of drug-likeness (QED) is 0.0261. The minimum atomic E-state index is -0.793. The van der Waals surface area contributed by atoms with Gasteiger partial charge in [0.25, 0.3) is 0 Å². The van der Waals surface area contributed by atoms with Crippen LogP contribution in [0.3, 0.4) is 0 Å². The zero-order valence-corrected chi connectivity index (χ0v) is 51.9. The average Bonchev–Trinajstić information content (AvgIpc) is 3.44. The topological polar surface area (TPSA) is 78.9 Å². The first-order valence-electron chi connectivity index (χ1n) is 33.9. The van der Waals surface area contributed by atoms with E-state index in [-0.39, 0.29) is 37.5 Å². The third-order valence-electron chi connectivity index (χ3n) is 14.9. The molecule has 0 heterocycles. The van der Waals surface area contributed by atoms with Gasteiger partial charge in [0.1, 0.15) is 13.2 Å². The lowest BCUT2D eigenvalue weighted by Crippen LogP contribution is -2.30. The summed E-state index contributed by atoms with van der Waals surface area (Å²) in [6.07, 6.45) is 86.7. The molecular weight excluding hydrogens is 961 g/mol. The summed E-state index contributed by atoms with van der Waals surface area (Å²) < 4.78 is 16.8. The van der Waals surface area contributed by atoms with E-state index < -0.39 is 6.10 Å². The van der Waals surface area contributed by atoms with Crippen molar-refractivity contribution in [1.82, 2.24) is 0 Å². The first-order valence-corrected chi connectivity index (χ1v) is 33.9. The van der Waals surface area contributed by atoms with Gasteiger partial charge in [0, 0.05) is 19.3 Å². The molecule has 0 aromatic rings. The lowest BCUT2D eigenvalue weighted by Gasteiger charge is -2.18. The smallest absolute Gasteiger partial charge is 0.306 e. The second kappa shape index (κ2) is 66.4. The molecule has 0 radical (unpaired) electrons. The summed E-state index contributed by atoms with van der Waals surface area (Å²) in [6.45, 7) is 6.50. The molecule has 78 heavy (non-hydrogen) atoms. The molecule has 0 spiro atoms. The number of ether oxygens (including phenoxy) is 3. The van der Waals surface area contributed by atoms with Crippen LogP contribution in [-0.4, -0.2) is 37.2 Å². The van der Waals surface area contributed by atoms with Crippen molar-refractivity contribution >= 4 is 17.9 Å². The van der Waals surface area contributed by atoms with E-state index in [0.29, 0.717) is 19.3 Å². The van der Waals surface area contributed by atoms with Gasteiger partial charge in [-0.05, 0) is 89.9 Å². The van der Waals surface area contributed by atoms with Crippen molar-refractivity contribution in [2.75, 3.05) is 13.2 Å². The molecule has 0 aliphatic carbocycles. The monoisotopic (exact) mass is 1090 g/mol. The van der Waals surface area contributed by atoms with E-state index in [0.717, 1.165) is 83.5 Å². The number of hydrogen-bond donors (Lipinski definition) is 0. The van der Waals surface area contributed by atoms with E-state index >= 15 is 0 Å². The van der Waals surface area contributed by atoms with Gasteiger partial charge in [-0.1, -0.05) is 312 Å². The second-order valence-corrected chi connectivity index (χ2v) is 22.7. The Morgan fingerprint density at radius 3 is 0.808 bits per heavy atom. The number of rotatable bonds is 62. The van der Waals surface area contributed by atoms with Gasteiger partial charge in [0.05, 0.1) is 0 Å². The normalized spacial score (nSPS) is 12.5. The Labute approximate surface area is 484 Å². The number of allylic oxidation sites excluding steroid dienone is 12. The van der Waals surface area contributed by atoms with E-state index in [9.17, 15) is 14.4 Å².